The lowest BCUT2D eigenvalue weighted by Gasteiger charge is -2.08. The van der Waals surface area contributed by atoms with Crippen LogP contribution in [0.1, 0.15) is 12.0 Å². The van der Waals surface area contributed by atoms with Gasteiger partial charge in [0.25, 0.3) is 0 Å². The molecule has 130 valence electrons. The largest absolute Gasteiger partial charge is 0.356 e. The van der Waals surface area contributed by atoms with Gasteiger partial charge in [-0.3, -0.25) is 14.5 Å². The zero-order valence-corrected chi connectivity index (χ0v) is 15.0. The Balaban J connectivity index is 1.52. The number of thiophene rings is 1. The Hall–Kier alpha value is -2.32. The third kappa shape index (κ3) is 4.40. The summed E-state index contributed by atoms with van der Waals surface area (Å²) >= 11 is 6.81. The maximum absolute atomic E-state index is 13.5. The molecule has 0 saturated heterocycles. The summed E-state index contributed by atoms with van der Waals surface area (Å²) in [5.74, 6) is 0.387. The molecule has 0 fully saturated rings. The van der Waals surface area contributed by atoms with Crippen LogP contribution in [0.15, 0.2) is 41.8 Å². The van der Waals surface area contributed by atoms with Gasteiger partial charge >= 0.3 is 0 Å². The number of aromatic amines is 1. The lowest BCUT2D eigenvalue weighted by Crippen LogP contribution is -2.26. The van der Waals surface area contributed by atoms with Crippen molar-refractivity contribution in [2.24, 2.45) is 0 Å². The fourth-order valence-electron chi connectivity index (χ4n) is 2.46. The Morgan fingerprint density at radius 1 is 1.32 bits per heavy atom. The van der Waals surface area contributed by atoms with E-state index in [1.165, 1.54) is 6.07 Å². The van der Waals surface area contributed by atoms with Crippen molar-refractivity contribution in [2.75, 3.05) is 6.54 Å². The molecule has 3 aromatic rings. The van der Waals surface area contributed by atoms with Crippen LogP contribution >= 0.6 is 23.6 Å². The first-order valence-electron chi connectivity index (χ1n) is 7.84. The first-order valence-corrected chi connectivity index (χ1v) is 9.13. The monoisotopic (exact) mass is 376 g/mol. The third-order valence-corrected chi connectivity index (χ3v) is 4.91. The van der Waals surface area contributed by atoms with Crippen LogP contribution in [0.25, 0.3) is 10.7 Å². The highest BCUT2D eigenvalue weighted by atomic mass is 32.1. The van der Waals surface area contributed by atoms with Crippen LogP contribution in [0.2, 0.25) is 0 Å². The molecule has 0 aliphatic rings. The summed E-state index contributed by atoms with van der Waals surface area (Å²) in [5.41, 5.74) is 0.597. The van der Waals surface area contributed by atoms with Crippen molar-refractivity contribution in [1.82, 2.24) is 20.1 Å². The summed E-state index contributed by atoms with van der Waals surface area (Å²) in [6.07, 6.45) is 0.744. The van der Waals surface area contributed by atoms with Crippen molar-refractivity contribution < 1.29 is 9.18 Å². The van der Waals surface area contributed by atoms with E-state index < -0.39 is 0 Å². The summed E-state index contributed by atoms with van der Waals surface area (Å²) in [4.78, 5) is 13.0. The van der Waals surface area contributed by atoms with Crippen molar-refractivity contribution in [3.05, 3.63) is 57.9 Å². The number of benzene rings is 1. The van der Waals surface area contributed by atoms with Gasteiger partial charge in [-0.1, -0.05) is 24.3 Å². The Morgan fingerprint density at radius 3 is 2.92 bits per heavy atom. The normalized spacial score (nSPS) is 10.8. The van der Waals surface area contributed by atoms with E-state index in [2.05, 4.69) is 15.5 Å². The number of nitrogens with one attached hydrogen (secondary N) is 2. The molecule has 0 aliphatic heterocycles. The van der Waals surface area contributed by atoms with Gasteiger partial charge in [-0.15, -0.1) is 11.3 Å². The summed E-state index contributed by atoms with van der Waals surface area (Å²) in [7, 11) is 0. The van der Waals surface area contributed by atoms with Gasteiger partial charge in [-0.2, -0.15) is 5.10 Å². The molecule has 2 N–H and O–H groups in total. The molecule has 25 heavy (non-hydrogen) atoms. The van der Waals surface area contributed by atoms with Crippen LogP contribution in [0.4, 0.5) is 4.39 Å². The number of hydrogen-bond acceptors (Lipinski definition) is 4. The fraction of sp³-hybridized carbons (Fsp3) is 0.235. The summed E-state index contributed by atoms with van der Waals surface area (Å²) in [6, 6.07) is 10.5. The van der Waals surface area contributed by atoms with Crippen molar-refractivity contribution in [3.8, 4) is 10.7 Å². The molecule has 1 aromatic carbocycles. The van der Waals surface area contributed by atoms with Gasteiger partial charge in [0, 0.05) is 19.5 Å². The average molecular weight is 376 g/mol. The number of carbonyl (C=O) groups is 1. The second-order valence-corrected chi connectivity index (χ2v) is 6.76. The van der Waals surface area contributed by atoms with E-state index in [1.54, 1.807) is 29.5 Å². The number of hydrogen-bond donors (Lipinski definition) is 2. The SMILES string of the molecule is O=C(CCn1c(-c2cccs2)n[nH]c1=S)NCCc1ccccc1F. The first kappa shape index (κ1) is 17.5. The maximum atomic E-state index is 13.5. The van der Waals surface area contributed by atoms with Gasteiger partial charge in [0.05, 0.1) is 4.88 Å². The molecule has 2 heterocycles. The van der Waals surface area contributed by atoms with Crippen LogP contribution in [-0.2, 0) is 17.8 Å². The minimum Gasteiger partial charge on any atom is -0.356 e. The van der Waals surface area contributed by atoms with E-state index in [4.69, 9.17) is 12.2 Å². The smallest absolute Gasteiger partial charge is 0.221 e. The average Bonchev–Trinajstić information content (AvgIpc) is 3.24. The molecule has 0 spiro atoms. The van der Waals surface area contributed by atoms with Gasteiger partial charge in [-0.05, 0) is 41.7 Å². The highest BCUT2D eigenvalue weighted by Gasteiger charge is 2.11. The van der Waals surface area contributed by atoms with Crippen LogP contribution < -0.4 is 5.32 Å². The second kappa shape index (κ2) is 8.17. The zero-order valence-electron chi connectivity index (χ0n) is 13.4. The van der Waals surface area contributed by atoms with Gasteiger partial charge in [0.2, 0.25) is 5.91 Å². The highest BCUT2D eigenvalue weighted by Crippen LogP contribution is 2.22. The number of carbonyl (C=O) groups excluding carboxylic acids is 1. The third-order valence-electron chi connectivity index (χ3n) is 3.74. The molecule has 3 rings (SSSR count). The topological polar surface area (TPSA) is 62.7 Å². The molecule has 0 unspecified atom stereocenters. The predicted octanol–water partition coefficient (Wildman–Crippen LogP) is 3.56. The second-order valence-electron chi connectivity index (χ2n) is 5.42. The molecule has 8 heteroatoms. The molecule has 0 aliphatic carbocycles. The highest BCUT2D eigenvalue weighted by molar-refractivity contribution is 7.71. The van der Waals surface area contributed by atoms with Gasteiger partial charge in [0.15, 0.2) is 10.6 Å². The molecule has 1 amide bonds. The van der Waals surface area contributed by atoms with E-state index >= 15 is 0 Å². The summed E-state index contributed by atoms with van der Waals surface area (Å²) in [5, 5.41) is 11.8. The van der Waals surface area contributed by atoms with Crippen molar-refractivity contribution >= 4 is 29.5 Å². The van der Waals surface area contributed by atoms with Crippen molar-refractivity contribution in [3.63, 3.8) is 0 Å². The number of halogens is 1. The molecule has 5 nitrogen and oxygen atoms in total. The molecular weight excluding hydrogens is 359 g/mol. The lowest BCUT2D eigenvalue weighted by atomic mass is 10.1. The zero-order chi connectivity index (χ0) is 17.6. The molecular formula is C17H17FN4OS2. The molecule has 0 bridgehead atoms. The van der Waals surface area contributed by atoms with E-state index in [0.29, 0.717) is 29.8 Å². The van der Waals surface area contributed by atoms with E-state index in [9.17, 15) is 9.18 Å². The minimum atomic E-state index is -0.248. The fourth-order valence-corrected chi connectivity index (χ4v) is 3.40. The van der Waals surface area contributed by atoms with Crippen LogP contribution in [0.5, 0.6) is 0 Å². The molecule has 0 saturated carbocycles. The van der Waals surface area contributed by atoms with Gasteiger partial charge in [-0.25, -0.2) is 4.39 Å². The molecule has 2 aromatic heterocycles. The minimum absolute atomic E-state index is 0.100. The van der Waals surface area contributed by atoms with Crippen molar-refractivity contribution in [1.29, 1.82) is 0 Å². The van der Waals surface area contributed by atoms with Gasteiger partial charge < -0.3 is 5.32 Å². The van der Waals surface area contributed by atoms with Crippen LogP contribution in [0, 0.1) is 10.6 Å². The van der Waals surface area contributed by atoms with Crippen LogP contribution in [0.3, 0.4) is 0 Å². The summed E-state index contributed by atoms with van der Waals surface area (Å²) in [6.45, 7) is 0.836. The number of aromatic nitrogens is 3. The number of rotatable bonds is 7. The summed E-state index contributed by atoms with van der Waals surface area (Å²) < 4.78 is 15.8. The number of nitrogens with zero attached hydrogens (tertiary/aromatic N) is 2. The first-order chi connectivity index (χ1) is 12.1. The van der Waals surface area contributed by atoms with E-state index in [-0.39, 0.29) is 18.1 Å². The predicted molar refractivity (Wildman–Crippen MR) is 98.5 cm³/mol. The maximum Gasteiger partial charge on any atom is 0.221 e. The Morgan fingerprint density at radius 2 is 2.16 bits per heavy atom. The van der Waals surface area contributed by atoms with E-state index in [1.807, 2.05) is 22.1 Å². The molecule has 0 radical (unpaired) electrons. The standard InChI is InChI=1S/C17H17FN4OS2/c18-13-5-2-1-4-12(13)7-9-19-15(23)8-10-22-16(20-21-17(22)24)14-6-3-11-25-14/h1-6,11H,7-10H2,(H,19,23)(H,21,24). The number of H-pyrrole nitrogens is 1. The van der Waals surface area contributed by atoms with Gasteiger partial charge in [0.1, 0.15) is 5.82 Å². The quantitative estimate of drug-likeness (QED) is 0.620. The van der Waals surface area contributed by atoms with Crippen LogP contribution in [-0.4, -0.2) is 27.2 Å². The lowest BCUT2D eigenvalue weighted by molar-refractivity contribution is -0.121. The Bertz CT molecular complexity index is 902. The Labute approximate surface area is 153 Å². The Kier molecular flexibility index (Phi) is 5.72. The van der Waals surface area contributed by atoms with Crippen molar-refractivity contribution in [2.45, 2.75) is 19.4 Å². The van der Waals surface area contributed by atoms with E-state index in [0.717, 1.165) is 10.7 Å². The molecule has 0 atom stereocenters. The number of amides is 1.